The van der Waals surface area contributed by atoms with Crippen molar-refractivity contribution >= 4 is 0 Å². The van der Waals surface area contributed by atoms with Crippen molar-refractivity contribution in [3.63, 3.8) is 0 Å². The molecule has 1 aliphatic carbocycles. The van der Waals surface area contributed by atoms with Crippen LogP contribution in [-0.2, 0) is 4.74 Å². The van der Waals surface area contributed by atoms with Crippen LogP contribution in [0.4, 0.5) is 0 Å². The van der Waals surface area contributed by atoms with E-state index in [-0.39, 0.29) is 0 Å². The topological polar surface area (TPSA) is 9.23 Å². The van der Waals surface area contributed by atoms with Crippen molar-refractivity contribution in [2.45, 2.75) is 65.4 Å². The Morgan fingerprint density at radius 1 is 1.00 bits per heavy atom. The van der Waals surface area contributed by atoms with E-state index in [1.54, 1.807) is 5.57 Å². The Bertz CT molecular complexity index is 275. The minimum absolute atomic E-state index is 0.423. The van der Waals surface area contributed by atoms with E-state index < -0.39 is 0 Å². The molecule has 17 heavy (non-hydrogen) atoms. The molecular weight excluding hydrogens is 208 g/mol. The van der Waals surface area contributed by atoms with Crippen molar-refractivity contribution < 1.29 is 4.74 Å². The van der Waals surface area contributed by atoms with Crippen LogP contribution in [0.2, 0.25) is 0 Å². The number of rotatable bonds is 1. The molecule has 0 fully saturated rings. The molecule has 0 radical (unpaired) electrons. The first-order valence-electron chi connectivity index (χ1n) is 6.97. The fraction of sp³-hybridized carbons (Fsp3) is 0.750. The molecule has 98 valence electrons. The van der Waals surface area contributed by atoms with Gasteiger partial charge < -0.3 is 4.74 Å². The average Bonchev–Trinajstić information content (AvgIpc) is 2.30. The lowest BCUT2D eigenvalue weighted by atomic mass is 9.93. The average molecular weight is 236 g/mol. The van der Waals surface area contributed by atoms with Crippen LogP contribution in [0.1, 0.15) is 59.3 Å². The largest absolute Gasteiger partial charge is 0.381 e. The Balaban J connectivity index is 2.65. The van der Waals surface area contributed by atoms with E-state index in [4.69, 9.17) is 4.74 Å². The summed E-state index contributed by atoms with van der Waals surface area (Å²) < 4.78 is 5.62. The van der Waals surface area contributed by atoms with Crippen molar-refractivity contribution in [3.8, 4) is 0 Å². The molecule has 1 aliphatic rings. The molecule has 1 heteroatoms. The molecule has 0 amide bonds. The van der Waals surface area contributed by atoms with Gasteiger partial charge in [-0.25, -0.2) is 0 Å². The second-order valence-corrected chi connectivity index (χ2v) is 5.51. The third-order valence-electron chi connectivity index (χ3n) is 3.91. The molecule has 0 saturated carbocycles. The molecule has 0 aromatic carbocycles. The highest BCUT2D eigenvalue weighted by atomic mass is 16.5. The number of hydrogen-bond donors (Lipinski definition) is 0. The van der Waals surface area contributed by atoms with Gasteiger partial charge in [0.2, 0.25) is 0 Å². The molecule has 0 spiro atoms. The maximum absolute atomic E-state index is 5.62. The normalized spacial score (nSPS) is 34.8. The van der Waals surface area contributed by atoms with Crippen LogP contribution in [0, 0.1) is 5.92 Å². The van der Waals surface area contributed by atoms with Gasteiger partial charge in [-0.1, -0.05) is 30.2 Å². The predicted molar refractivity (Wildman–Crippen MR) is 75.2 cm³/mol. The lowest BCUT2D eigenvalue weighted by Gasteiger charge is -2.22. The Kier molecular flexibility index (Phi) is 6.57. The SMILES string of the molecule is COC1CC/C=C(/C)CC/C(C)=C\CCC1C. The van der Waals surface area contributed by atoms with E-state index in [2.05, 4.69) is 32.9 Å². The molecule has 0 N–H and O–H groups in total. The lowest BCUT2D eigenvalue weighted by Crippen LogP contribution is -2.20. The predicted octanol–water partition coefficient (Wildman–Crippen LogP) is 4.88. The fourth-order valence-corrected chi connectivity index (χ4v) is 2.51. The molecule has 0 bridgehead atoms. The minimum atomic E-state index is 0.423. The van der Waals surface area contributed by atoms with E-state index in [1.165, 1.54) is 31.3 Å². The van der Waals surface area contributed by atoms with E-state index in [0.29, 0.717) is 12.0 Å². The van der Waals surface area contributed by atoms with Crippen LogP contribution in [0.15, 0.2) is 23.3 Å². The van der Waals surface area contributed by atoms with Gasteiger partial charge in [0, 0.05) is 7.11 Å². The molecule has 2 atom stereocenters. The second-order valence-electron chi connectivity index (χ2n) is 5.51. The maximum atomic E-state index is 5.62. The lowest BCUT2D eigenvalue weighted by molar-refractivity contribution is 0.0497. The molecule has 0 aromatic rings. The van der Waals surface area contributed by atoms with Crippen LogP contribution < -0.4 is 0 Å². The zero-order chi connectivity index (χ0) is 12.7. The molecule has 0 aliphatic heterocycles. The molecular formula is C16H28O. The summed E-state index contributed by atoms with van der Waals surface area (Å²) in [6.45, 7) is 6.83. The van der Waals surface area contributed by atoms with Crippen molar-refractivity contribution in [1.82, 2.24) is 0 Å². The third-order valence-corrected chi connectivity index (χ3v) is 3.91. The Labute approximate surface area is 107 Å². The molecule has 0 saturated heterocycles. The number of allylic oxidation sites excluding steroid dienone is 4. The highest BCUT2D eigenvalue weighted by molar-refractivity contribution is 5.05. The van der Waals surface area contributed by atoms with Gasteiger partial charge >= 0.3 is 0 Å². The van der Waals surface area contributed by atoms with Crippen LogP contribution in [0.3, 0.4) is 0 Å². The Hall–Kier alpha value is -0.560. The van der Waals surface area contributed by atoms with Gasteiger partial charge in [0.15, 0.2) is 0 Å². The van der Waals surface area contributed by atoms with Crippen molar-refractivity contribution in [3.05, 3.63) is 23.3 Å². The van der Waals surface area contributed by atoms with Gasteiger partial charge in [0.05, 0.1) is 6.10 Å². The third kappa shape index (κ3) is 5.54. The van der Waals surface area contributed by atoms with Gasteiger partial charge in [-0.15, -0.1) is 0 Å². The maximum Gasteiger partial charge on any atom is 0.0599 e. The van der Waals surface area contributed by atoms with Crippen LogP contribution in [0.5, 0.6) is 0 Å². The van der Waals surface area contributed by atoms with E-state index in [1.807, 2.05) is 7.11 Å². The first kappa shape index (κ1) is 14.5. The van der Waals surface area contributed by atoms with Gasteiger partial charge in [0.1, 0.15) is 0 Å². The van der Waals surface area contributed by atoms with Crippen molar-refractivity contribution in [2.75, 3.05) is 7.11 Å². The summed E-state index contributed by atoms with van der Waals surface area (Å²) >= 11 is 0. The van der Waals surface area contributed by atoms with Crippen LogP contribution in [-0.4, -0.2) is 13.2 Å². The zero-order valence-corrected chi connectivity index (χ0v) is 12.0. The van der Waals surface area contributed by atoms with E-state index in [0.717, 1.165) is 12.8 Å². The summed E-state index contributed by atoms with van der Waals surface area (Å²) in [6.07, 6.45) is 12.5. The van der Waals surface area contributed by atoms with Crippen LogP contribution in [0.25, 0.3) is 0 Å². The summed E-state index contributed by atoms with van der Waals surface area (Å²) in [4.78, 5) is 0. The number of methoxy groups -OCH3 is 1. The summed E-state index contributed by atoms with van der Waals surface area (Å²) in [7, 11) is 1.85. The standard InChI is InChI=1S/C16H28O/c1-13-7-5-9-15(3)16(17-4)10-6-8-14(2)12-11-13/h7-8,15-16H,5-6,9-12H2,1-4H3/b13-7-,14-8-. The second kappa shape index (κ2) is 7.71. The zero-order valence-electron chi connectivity index (χ0n) is 12.0. The first-order chi connectivity index (χ1) is 8.13. The number of hydrogen-bond acceptors (Lipinski definition) is 1. The van der Waals surface area contributed by atoms with Crippen LogP contribution >= 0.6 is 0 Å². The molecule has 1 rings (SSSR count). The number of ether oxygens (including phenoxy) is 1. The highest BCUT2D eigenvalue weighted by Gasteiger charge is 2.15. The monoisotopic (exact) mass is 236 g/mol. The first-order valence-corrected chi connectivity index (χ1v) is 6.97. The summed E-state index contributed by atoms with van der Waals surface area (Å²) in [5.41, 5.74) is 3.07. The Morgan fingerprint density at radius 3 is 2.06 bits per heavy atom. The minimum Gasteiger partial charge on any atom is -0.381 e. The summed E-state index contributed by atoms with van der Waals surface area (Å²) in [5, 5.41) is 0. The molecule has 2 unspecified atom stereocenters. The van der Waals surface area contributed by atoms with Crippen molar-refractivity contribution in [2.24, 2.45) is 5.92 Å². The molecule has 1 nitrogen and oxygen atoms in total. The summed E-state index contributed by atoms with van der Waals surface area (Å²) in [6, 6.07) is 0. The van der Waals surface area contributed by atoms with Gasteiger partial charge in [-0.05, 0) is 58.3 Å². The van der Waals surface area contributed by atoms with E-state index in [9.17, 15) is 0 Å². The molecule has 0 heterocycles. The molecule has 0 aromatic heterocycles. The smallest absolute Gasteiger partial charge is 0.0599 e. The Morgan fingerprint density at radius 2 is 1.53 bits per heavy atom. The fourth-order valence-electron chi connectivity index (χ4n) is 2.51. The quantitative estimate of drug-likeness (QED) is 0.589. The highest BCUT2D eigenvalue weighted by Crippen LogP contribution is 2.22. The van der Waals surface area contributed by atoms with Crippen molar-refractivity contribution in [1.29, 1.82) is 0 Å². The summed E-state index contributed by atoms with van der Waals surface area (Å²) in [5.74, 6) is 0.664. The van der Waals surface area contributed by atoms with E-state index >= 15 is 0 Å². The van der Waals surface area contributed by atoms with Gasteiger partial charge in [-0.2, -0.15) is 0 Å². The van der Waals surface area contributed by atoms with Gasteiger partial charge in [-0.3, -0.25) is 0 Å². The van der Waals surface area contributed by atoms with Gasteiger partial charge in [0.25, 0.3) is 0 Å².